The van der Waals surface area contributed by atoms with Gasteiger partial charge in [0.25, 0.3) is 5.69 Å². The van der Waals surface area contributed by atoms with E-state index in [9.17, 15) is 25.4 Å². The van der Waals surface area contributed by atoms with Gasteiger partial charge in [0.05, 0.1) is 27.8 Å². The summed E-state index contributed by atoms with van der Waals surface area (Å²) in [6.45, 7) is 5.77. The van der Waals surface area contributed by atoms with Gasteiger partial charge in [-0.05, 0) is 77.2 Å². The SMILES string of the molecule is C=C[C@H]([C@H](O)CC/C(=C/c1cc(I)c(O)c(OC)c1)CC)[C@H](O)c1ccc([N+](=O)[O-])cc1. The van der Waals surface area contributed by atoms with E-state index in [0.717, 1.165) is 17.6 Å². The molecule has 0 saturated heterocycles. The molecule has 3 N–H and O–H groups in total. The molecular formula is C24H28INO6. The fourth-order valence-electron chi connectivity index (χ4n) is 3.46. The van der Waals surface area contributed by atoms with Crippen molar-refractivity contribution in [1.82, 2.24) is 0 Å². The first-order valence-corrected chi connectivity index (χ1v) is 11.3. The maximum atomic E-state index is 10.8. The molecule has 2 rings (SSSR count). The average Bonchev–Trinajstić information content (AvgIpc) is 2.79. The molecule has 0 aromatic heterocycles. The number of allylic oxidation sites excluding steroid dienone is 1. The van der Waals surface area contributed by atoms with Crippen LogP contribution in [0.1, 0.15) is 43.4 Å². The van der Waals surface area contributed by atoms with Gasteiger partial charge in [0, 0.05) is 18.1 Å². The van der Waals surface area contributed by atoms with Gasteiger partial charge in [-0.25, -0.2) is 0 Å². The molecule has 0 spiro atoms. The van der Waals surface area contributed by atoms with Crippen LogP contribution in [0.15, 0.2) is 54.6 Å². The summed E-state index contributed by atoms with van der Waals surface area (Å²) in [5.41, 5.74) is 2.41. The van der Waals surface area contributed by atoms with Crippen molar-refractivity contribution in [3.05, 3.63) is 79.4 Å². The van der Waals surface area contributed by atoms with Crippen LogP contribution in [0.2, 0.25) is 0 Å². The summed E-state index contributed by atoms with van der Waals surface area (Å²) < 4.78 is 5.90. The molecule has 2 aromatic carbocycles. The van der Waals surface area contributed by atoms with Crippen molar-refractivity contribution >= 4 is 34.4 Å². The standard InChI is InChI=1S/C24H28INO6/c1-4-15(12-16-13-20(25)24(29)22(14-16)32-3)6-11-21(27)19(5-2)23(28)17-7-9-18(10-8-17)26(30)31/h5,7-10,12-14,19,21,23,27-29H,2,4,6,11H2,1,3H3/b15-12+/t19-,21-,23-/m1/s1. The van der Waals surface area contributed by atoms with Crippen molar-refractivity contribution in [3.8, 4) is 11.5 Å². The van der Waals surface area contributed by atoms with Crippen LogP contribution in [-0.4, -0.2) is 33.5 Å². The molecule has 2 aromatic rings. The van der Waals surface area contributed by atoms with Gasteiger partial charge < -0.3 is 20.1 Å². The van der Waals surface area contributed by atoms with Crippen LogP contribution in [0.5, 0.6) is 11.5 Å². The van der Waals surface area contributed by atoms with Gasteiger partial charge >= 0.3 is 0 Å². The molecule has 0 aliphatic carbocycles. The molecule has 0 radical (unpaired) electrons. The van der Waals surface area contributed by atoms with Crippen LogP contribution >= 0.6 is 22.6 Å². The van der Waals surface area contributed by atoms with Crippen molar-refractivity contribution in [2.75, 3.05) is 7.11 Å². The third-order valence-corrected chi connectivity index (χ3v) is 6.21. The maximum Gasteiger partial charge on any atom is 0.269 e. The van der Waals surface area contributed by atoms with Gasteiger partial charge in [-0.3, -0.25) is 10.1 Å². The molecule has 0 saturated carbocycles. The highest BCUT2D eigenvalue weighted by molar-refractivity contribution is 14.1. The molecule has 0 amide bonds. The summed E-state index contributed by atoms with van der Waals surface area (Å²) in [6, 6.07) is 9.25. The summed E-state index contributed by atoms with van der Waals surface area (Å²) in [6.07, 6.45) is 3.44. The number of methoxy groups -OCH3 is 1. The molecule has 172 valence electrons. The molecule has 0 aliphatic rings. The van der Waals surface area contributed by atoms with Crippen molar-refractivity contribution in [2.24, 2.45) is 5.92 Å². The Morgan fingerprint density at radius 3 is 2.47 bits per heavy atom. The predicted molar refractivity (Wildman–Crippen MR) is 133 cm³/mol. The number of nitro groups is 1. The predicted octanol–water partition coefficient (Wildman–Crippen LogP) is 5.38. The molecular weight excluding hydrogens is 525 g/mol. The first-order chi connectivity index (χ1) is 15.2. The summed E-state index contributed by atoms with van der Waals surface area (Å²) >= 11 is 2.05. The second-order valence-corrected chi connectivity index (χ2v) is 8.58. The Labute approximate surface area is 201 Å². The summed E-state index contributed by atoms with van der Waals surface area (Å²) in [4.78, 5) is 10.3. The van der Waals surface area contributed by atoms with E-state index >= 15 is 0 Å². The van der Waals surface area contributed by atoms with E-state index in [4.69, 9.17) is 4.74 Å². The van der Waals surface area contributed by atoms with E-state index in [0.29, 0.717) is 27.7 Å². The Balaban J connectivity index is 2.11. The second kappa shape index (κ2) is 12.0. The zero-order chi connectivity index (χ0) is 23.8. The van der Waals surface area contributed by atoms with Gasteiger partial charge in [-0.2, -0.15) is 0 Å². The number of halogens is 1. The van der Waals surface area contributed by atoms with E-state index in [1.807, 2.05) is 41.7 Å². The molecule has 7 nitrogen and oxygen atoms in total. The number of aromatic hydroxyl groups is 1. The summed E-state index contributed by atoms with van der Waals surface area (Å²) in [7, 11) is 1.50. The number of aliphatic hydroxyl groups is 2. The van der Waals surface area contributed by atoms with Crippen LogP contribution in [0.25, 0.3) is 6.08 Å². The van der Waals surface area contributed by atoms with E-state index in [-0.39, 0.29) is 11.4 Å². The second-order valence-electron chi connectivity index (χ2n) is 7.42. The smallest absolute Gasteiger partial charge is 0.269 e. The summed E-state index contributed by atoms with van der Waals surface area (Å²) in [5.74, 6) is -0.117. The average molecular weight is 553 g/mol. The van der Waals surface area contributed by atoms with Crippen molar-refractivity contribution in [1.29, 1.82) is 0 Å². The molecule has 0 heterocycles. The minimum Gasteiger partial charge on any atom is -0.504 e. The first kappa shape index (κ1) is 25.8. The number of benzene rings is 2. The van der Waals surface area contributed by atoms with E-state index in [2.05, 4.69) is 6.58 Å². The van der Waals surface area contributed by atoms with Crippen LogP contribution in [0, 0.1) is 19.6 Å². The number of nitro benzene ring substituents is 1. The van der Waals surface area contributed by atoms with Crippen LogP contribution in [-0.2, 0) is 0 Å². The normalized spacial score (nSPS) is 14.5. The van der Waals surface area contributed by atoms with Gasteiger partial charge in [-0.15, -0.1) is 6.58 Å². The lowest BCUT2D eigenvalue weighted by molar-refractivity contribution is -0.384. The Bertz CT molecular complexity index is 973. The molecule has 0 unspecified atom stereocenters. The van der Waals surface area contributed by atoms with Gasteiger partial charge in [0.1, 0.15) is 0 Å². The molecule has 0 bridgehead atoms. The summed E-state index contributed by atoms with van der Waals surface area (Å²) in [5, 5.41) is 42.3. The Morgan fingerprint density at radius 1 is 1.28 bits per heavy atom. The Hall–Kier alpha value is -2.43. The third kappa shape index (κ3) is 6.54. The fourth-order valence-corrected chi connectivity index (χ4v) is 4.08. The molecule has 3 atom stereocenters. The zero-order valence-corrected chi connectivity index (χ0v) is 20.2. The highest BCUT2D eigenvalue weighted by atomic mass is 127. The van der Waals surface area contributed by atoms with Gasteiger partial charge in [-0.1, -0.05) is 24.6 Å². The monoisotopic (exact) mass is 553 g/mol. The number of ether oxygens (including phenoxy) is 1. The van der Waals surface area contributed by atoms with Gasteiger partial charge in [0.15, 0.2) is 11.5 Å². The lowest BCUT2D eigenvalue weighted by atomic mass is 9.87. The fraction of sp³-hybridized carbons (Fsp3) is 0.333. The molecule has 32 heavy (non-hydrogen) atoms. The molecule has 8 heteroatoms. The van der Waals surface area contributed by atoms with E-state index in [1.165, 1.54) is 37.5 Å². The number of nitrogens with zero attached hydrogens (tertiary/aromatic N) is 1. The number of rotatable bonds is 11. The van der Waals surface area contributed by atoms with Crippen LogP contribution in [0.3, 0.4) is 0 Å². The molecule has 0 aliphatic heterocycles. The van der Waals surface area contributed by atoms with E-state index < -0.39 is 23.0 Å². The van der Waals surface area contributed by atoms with E-state index in [1.54, 1.807) is 6.07 Å². The highest BCUT2D eigenvalue weighted by Gasteiger charge is 2.26. The first-order valence-electron chi connectivity index (χ1n) is 10.2. The zero-order valence-electron chi connectivity index (χ0n) is 18.1. The Morgan fingerprint density at radius 2 is 1.94 bits per heavy atom. The lowest BCUT2D eigenvalue weighted by Gasteiger charge is -2.25. The lowest BCUT2D eigenvalue weighted by Crippen LogP contribution is -2.25. The molecule has 0 fully saturated rings. The number of hydrogen-bond donors (Lipinski definition) is 3. The van der Waals surface area contributed by atoms with Crippen molar-refractivity contribution in [2.45, 2.75) is 38.4 Å². The number of non-ortho nitro benzene ring substituents is 1. The number of phenols is 1. The van der Waals surface area contributed by atoms with Crippen LogP contribution in [0.4, 0.5) is 5.69 Å². The third-order valence-electron chi connectivity index (χ3n) is 5.38. The maximum absolute atomic E-state index is 10.8. The Kier molecular flexibility index (Phi) is 9.67. The minimum atomic E-state index is -1.03. The number of phenolic OH excluding ortho intramolecular Hbond substituents is 1. The quantitative estimate of drug-likeness (QED) is 0.149. The van der Waals surface area contributed by atoms with Crippen molar-refractivity contribution in [3.63, 3.8) is 0 Å². The topological polar surface area (TPSA) is 113 Å². The number of aliphatic hydroxyl groups excluding tert-OH is 2. The largest absolute Gasteiger partial charge is 0.504 e. The highest BCUT2D eigenvalue weighted by Crippen LogP contribution is 2.34. The number of hydrogen-bond acceptors (Lipinski definition) is 6. The minimum absolute atomic E-state index is 0.0603. The van der Waals surface area contributed by atoms with Crippen LogP contribution < -0.4 is 4.74 Å². The van der Waals surface area contributed by atoms with Gasteiger partial charge in [0.2, 0.25) is 0 Å². The van der Waals surface area contributed by atoms with Crippen molar-refractivity contribution < 1.29 is 25.0 Å².